The lowest BCUT2D eigenvalue weighted by atomic mass is 10.0. The van der Waals surface area contributed by atoms with Crippen LogP contribution in [0, 0.1) is 13.8 Å². The van der Waals surface area contributed by atoms with Crippen LogP contribution in [0.4, 0.5) is 5.69 Å². The number of nitrogens with one attached hydrogen (secondary N) is 1. The minimum atomic E-state index is -4.08. The van der Waals surface area contributed by atoms with Crippen LogP contribution in [-0.2, 0) is 14.8 Å². The Labute approximate surface area is 197 Å². The van der Waals surface area contributed by atoms with Gasteiger partial charge in [0.25, 0.3) is 15.9 Å². The van der Waals surface area contributed by atoms with E-state index < -0.39 is 28.4 Å². The lowest BCUT2D eigenvalue weighted by Gasteiger charge is -2.19. The minimum Gasteiger partial charge on any atom is -0.480 e. The van der Waals surface area contributed by atoms with Gasteiger partial charge in [-0.25, -0.2) is 8.42 Å². The highest BCUT2D eigenvalue weighted by Crippen LogP contribution is 2.30. The molecule has 9 heteroatoms. The van der Waals surface area contributed by atoms with Crippen molar-refractivity contribution in [2.24, 2.45) is 0 Å². The molecule has 172 valence electrons. The Morgan fingerprint density at radius 1 is 0.970 bits per heavy atom. The summed E-state index contributed by atoms with van der Waals surface area (Å²) in [6, 6.07) is 17.0. The van der Waals surface area contributed by atoms with Crippen LogP contribution in [-0.4, -0.2) is 43.9 Å². The number of nitrogens with zero attached hydrogens (tertiary/aromatic N) is 1. The van der Waals surface area contributed by atoms with Gasteiger partial charge >= 0.3 is 5.97 Å². The van der Waals surface area contributed by atoms with E-state index in [9.17, 15) is 18.0 Å². The normalized spacial score (nSPS) is 11.2. The molecule has 2 N–H and O–H groups in total. The van der Waals surface area contributed by atoms with Gasteiger partial charge in [0.1, 0.15) is 6.54 Å². The third-order valence-corrected chi connectivity index (χ3v) is 6.98. The number of rotatable bonds is 7. The lowest BCUT2D eigenvalue weighted by Crippen LogP contribution is -2.32. The Morgan fingerprint density at radius 3 is 2.27 bits per heavy atom. The van der Waals surface area contributed by atoms with Crippen LogP contribution in [0.25, 0.3) is 11.1 Å². The first-order valence-corrected chi connectivity index (χ1v) is 11.8. The predicted octanol–water partition coefficient (Wildman–Crippen LogP) is 4.58. The number of benzene rings is 3. The smallest absolute Gasteiger partial charge is 0.323 e. The molecule has 0 aliphatic heterocycles. The molecule has 0 saturated carbocycles. The third kappa shape index (κ3) is 5.53. The number of sulfonamides is 1. The number of carboxylic acid groups (broad SMARTS) is 1. The molecule has 0 heterocycles. The van der Waals surface area contributed by atoms with Crippen molar-refractivity contribution in [2.75, 3.05) is 18.3 Å². The van der Waals surface area contributed by atoms with Crippen LogP contribution in [0.3, 0.4) is 0 Å². The molecule has 0 saturated heterocycles. The Bertz CT molecular complexity index is 1320. The summed E-state index contributed by atoms with van der Waals surface area (Å²) in [5.41, 5.74) is 2.64. The zero-order valence-corrected chi connectivity index (χ0v) is 19.9. The number of aryl methyl sites for hydroxylation is 2. The largest absolute Gasteiger partial charge is 0.480 e. The van der Waals surface area contributed by atoms with Crippen molar-refractivity contribution in [1.82, 2.24) is 4.90 Å². The van der Waals surface area contributed by atoms with Gasteiger partial charge in [-0.05, 0) is 60.4 Å². The molecule has 0 aliphatic carbocycles. The molecule has 3 aromatic rings. The van der Waals surface area contributed by atoms with Gasteiger partial charge in [0.05, 0.1) is 16.1 Å². The lowest BCUT2D eigenvalue weighted by molar-refractivity contribution is -0.137. The Kier molecular flexibility index (Phi) is 7.09. The van der Waals surface area contributed by atoms with Crippen molar-refractivity contribution in [3.63, 3.8) is 0 Å². The summed E-state index contributed by atoms with van der Waals surface area (Å²) in [6.45, 7) is 2.81. The van der Waals surface area contributed by atoms with E-state index in [0.717, 1.165) is 10.5 Å². The number of carbonyl (C=O) groups is 2. The summed E-state index contributed by atoms with van der Waals surface area (Å²) in [5, 5.41) is 9.49. The van der Waals surface area contributed by atoms with Gasteiger partial charge in [0, 0.05) is 12.1 Å². The maximum absolute atomic E-state index is 13.3. The number of carboxylic acids is 1. The summed E-state index contributed by atoms with van der Waals surface area (Å²) < 4.78 is 29.1. The zero-order valence-electron chi connectivity index (χ0n) is 18.3. The number of carbonyl (C=O) groups excluding carboxylic acids is 1. The second-order valence-corrected chi connectivity index (χ2v) is 9.71. The number of hydrogen-bond acceptors (Lipinski definition) is 4. The molecule has 1 amide bonds. The third-order valence-electron chi connectivity index (χ3n) is 5.07. The summed E-state index contributed by atoms with van der Waals surface area (Å²) in [4.78, 5) is 25.1. The predicted molar refractivity (Wildman–Crippen MR) is 128 cm³/mol. The van der Waals surface area contributed by atoms with Gasteiger partial charge in [0.2, 0.25) is 0 Å². The summed E-state index contributed by atoms with van der Waals surface area (Å²) in [6.07, 6.45) is 0. The first-order valence-electron chi connectivity index (χ1n) is 9.96. The van der Waals surface area contributed by atoms with Gasteiger partial charge in [-0.1, -0.05) is 48.0 Å². The molecular weight excluding hydrogens is 464 g/mol. The second kappa shape index (κ2) is 9.64. The van der Waals surface area contributed by atoms with E-state index in [-0.39, 0.29) is 16.1 Å². The highest BCUT2D eigenvalue weighted by atomic mass is 35.5. The Morgan fingerprint density at radius 2 is 1.64 bits per heavy atom. The van der Waals surface area contributed by atoms with Crippen molar-refractivity contribution in [3.8, 4) is 11.1 Å². The fraction of sp³-hybridized carbons (Fsp3) is 0.167. The first-order chi connectivity index (χ1) is 15.5. The van der Waals surface area contributed by atoms with E-state index in [1.807, 2.05) is 30.3 Å². The molecule has 0 spiro atoms. The van der Waals surface area contributed by atoms with Crippen molar-refractivity contribution >= 4 is 39.2 Å². The van der Waals surface area contributed by atoms with Crippen LogP contribution >= 0.6 is 11.6 Å². The van der Waals surface area contributed by atoms with Gasteiger partial charge in [-0.3, -0.25) is 14.3 Å². The van der Waals surface area contributed by atoms with Crippen LogP contribution in [0.15, 0.2) is 65.6 Å². The average molecular weight is 487 g/mol. The fourth-order valence-electron chi connectivity index (χ4n) is 3.35. The molecule has 7 nitrogen and oxygen atoms in total. The monoisotopic (exact) mass is 486 g/mol. The number of halogens is 1. The molecule has 0 radical (unpaired) electrons. The summed E-state index contributed by atoms with van der Waals surface area (Å²) >= 11 is 6.11. The topological polar surface area (TPSA) is 104 Å². The molecule has 3 rings (SSSR count). The molecular formula is C24H23ClN2O5S. The highest BCUT2D eigenvalue weighted by Gasteiger charge is 2.24. The average Bonchev–Trinajstić information content (AvgIpc) is 2.75. The van der Waals surface area contributed by atoms with E-state index >= 15 is 0 Å². The van der Waals surface area contributed by atoms with Crippen LogP contribution < -0.4 is 4.72 Å². The number of hydrogen-bond donors (Lipinski definition) is 2. The maximum Gasteiger partial charge on any atom is 0.323 e. The van der Waals surface area contributed by atoms with Crippen LogP contribution in [0.1, 0.15) is 21.5 Å². The first kappa shape index (κ1) is 24.3. The Hall–Kier alpha value is -3.36. The van der Waals surface area contributed by atoms with Gasteiger partial charge < -0.3 is 10.0 Å². The van der Waals surface area contributed by atoms with Crippen molar-refractivity contribution in [2.45, 2.75) is 18.7 Å². The van der Waals surface area contributed by atoms with E-state index in [0.29, 0.717) is 21.7 Å². The van der Waals surface area contributed by atoms with Crippen LogP contribution in [0.5, 0.6) is 0 Å². The standard InChI is InChI=1S/C24H23ClN2O5S/c1-15-12-22(16(2)11-20(15)25)33(31,32)26-21-13-18(17-7-5-4-6-8-17)9-10-19(21)24(30)27(3)14-23(28)29/h4-13,26H,14H2,1-3H3,(H,28,29). The van der Waals surface area contributed by atoms with E-state index in [1.54, 1.807) is 32.0 Å². The Balaban J connectivity index is 2.11. The molecule has 0 aromatic heterocycles. The highest BCUT2D eigenvalue weighted by molar-refractivity contribution is 7.92. The number of amides is 1. The molecule has 0 unspecified atom stereocenters. The minimum absolute atomic E-state index is 0.0327. The quantitative estimate of drug-likeness (QED) is 0.508. The van der Waals surface area contributed by atoms with Gasteiger partial charge in [0.15, 0.2) is 0 Å². The van der Waals surface area contributed by atoms with Crippen molar-refractivity contribution in [1.29, 1.82) is 0 Å². The van der Waals surface area contributed by atoms with Crippen molar-refractivity contribution in [3.05, 3.63) is 82.4 Å². The van der Waals surface area contributed by atoms with E-state index in [4.69, 9.17) is 16.7 Å². The van der Waals surface area contributed by atoms with Gasteiger partial charge in [-0.15, -0.1) is 0 Å². The van der Waals surface area contributed by atoms with Gasteiger partial charge in [-0.2, -0.15) is 0 Å². The summed E-state index contributed by atoms with van der Waals surface area (Å²) in [5.74, 6) is -1.81. The molecule has 0 aliphatic rings. The van der Waals surface area contributed by atoms with E-state index in [2.05, 4.69) is 4.72 Å². The zero-order chi connectivity index (χ0) is 24.3. The molecule has 0 bridgehead atoms. The fourth-order valence-corrected chi connectivity index (χ4v) is 4.95. The number of anilines is 1. The number of likely N-dealkylation sites (N-methyl/N-ethyl adjacent to an activating group) is 1. The van der Waals surface area contributed by atoms with Crippen molar-refractivity contribution < 1.29 is 23.1 Å². The molecule has 33 heavy (non-hydrogen) atoms. The maximum atomic E-state index is 13.3. The molecule has 0 atom stereocenters. The summed E-state index contributed by atoms with van der Waals surface area (Å²) in [7, 11) is -2.74. The second-order valence-electron chi connectivity index (χ2n) is 7.65. The van der Waals surface area contributed by atoms with E-state index in [1.165, 1.54) is 19.2 Å². The molecule has 3 aromatic carbocycles. The number of aliphatic carboxylic acids is 1. The molecule has 0 fully saturated rings. The van der Waals surface area contributed by atoms with Crippen LogP contribution in [0.2, 0.25) is 5.02 Å². The SMILES string of the molecule is Cc1cc(S(=O)(=O)Nc2cc(-c3ccccc3)ccc2C(=O)N(C)CC(=O)O)c(C)cc1Cl.